The van der Waals surface area contributed by atoms with Crippen molar-refractivity contribution in [1.29, 1.82) is 0 Å². The number of anilines is 1. The average Bonchev–Trinajstić information content (AvgIpc) is 3.10. The maximum Gasteiger partial charge on any atom is 0.410 e. The van der Waals surface area contributed by atoms with Crippen molar-refractivity contribution < 1.29 is 37.7 Å². The Morgan fingerprint density at radius 3 is 2.45 bits per heavy atom. The normalized spacial score (nSPS) is 14.4. The molecule has 0 bridgehead atoms. The molecule has 2 N–H and O–H groups in total. The van der Waals surface area contributed by atoms with Crippen molar-refractivity contribution in [3.05, 3.63) is 124 Å². The molecule has 0 aromatic heterocycles. The molecule has 47 heavy (non-hydrogen) atoms. The molecule has 1 heterocycles. The van der Waals surface area contributed by atoms with Crippen LogP contribution in [0.5, 0.6) is 11.5 Å². The molecule has 4 aromatic carbocycles. The molecular formula is C35H34ClF2N3O6. The number of aliphatic hydroxyl groups excluding tert-OH is 1. The van der Waals surface area contributed by atoms with Gasteiger partial charge in [-0.05, 0) is 59.2 Å². The maximum atomic E-state index is 13.8. The molecule has 9 nitrogen and oxygen atoms in total. The van der Waals surface area contributed by atoms with E-state index in [1.54, 1.807) is 54.6 Å². The predicted octanol–water partition coefficient (Wildman–Crippen LogP) is 5.71. The summed E-state index contributed by atoms with van der Waals surface area (Å²) >= 11 is 6.30. The summed E-state index contributed by atoms with van der Waals surface area (Å²) in [5.41, 5.74) is 2.96. The first-order valence-corrected chi connectivity index (χ1v) is 15.4. The van der Waals surface area contributed by atoms with E-state index in [1.807, 2.05) is 23.1 Å². The van der Waals surface area contributed by atoms with Gasteiger partial charge in [-0.25, -0.2) is 13.6 Å². The van der Waals surface area contributed by atoms with E-state index in [0.717, 1.165) is 35.0 Å². The van der Waals surface area contributed by atoms with Gasteiger partial charge >= 0.3 is 6.09 Å². The summed E-state index contributed by atoms with van der Waals surface area (Å²) in [6, 6.07) is 23.7. The number of halogens is 3. The Morgan fingerprint density at radius 2 is 1.66 bits per heavy atom. The molecule has 246 valence electrons. The number of carbonyl (C=O) groups excluding carboxylic acids is 2. The van der Waals surface area contributed by atoms with Crippen LogP contribution in [0.25, 0.3) is 0 Å². The van der Waals surface area contributed by atoms with E-state index in [2.05, 4.69) is 5.32 Å². The highest BCUT2D eigenvalue weighted by Crippen LogP contribution is 2.25. The topological polar surface area (TPSA) is 101 Å². The third-order valence-corrected chi connectivity index (χ3v) is 7.93. The van der Waals surface area contributed by atoms with E-state index in [9.17, 15) is 23.5 Å². The number of amides is 2. The number of benzene rings is 4. The molecular weight excluding hydrogens is 632 g/mol. The smallest absolute Gasteiger partial charge is 0.410 e. The van der Waals surface area contributed by atoms with Gasteiger partial charge in [0.15, 0.2) is 11.6 Å². The van der Waals surface area contributed by atoms with Crippen molar-refractivity contribution >= 4 is 29.3 Å². The van der Waals surface area contributed by atoms with Crippen molar-refractivity contribution in [2.24, 2.45) is 0 Å². The summed E-state index contributed by atoms with van der Waals surface area (Å²) in [6.45, 7) is 0.962. The Morgan fingerprint density at radius 1 is 0.894 bits per heavy atom. The lowest BCUT2D eigenvalue weighted by atomic mass is 10.1. The van der Waals surface area contributed by atoms with Gasteiger partial charge in [-0.1, -0.05) is 54.1 Å². The molecule has 0 saturated carbocycles. The summed E-state index contributed by atoms with van der Waals surface area (Å²) < 4.78 is 43.7. The minimum Gasteiger partial charge on any atom is -0.490 e. The predicted molar refractivity (Wildman–Crippen MR) is 172 cm³/mol. The van der Waals surface area contributed by atoms with Gasteiger partial charge < -0.3 is 34.4 Å². The highest BCUT2D eigenvalue weighted by Gasteiger charge is 2.35. The monoisotopic (exact) mass is 665 g/mol. The molecule has 0 radical (unpaired) electrons. The van der Waals surface area contributed by atoms with E-state index in [0.29, 0.717) is 29.4 Å². The van der Waals surface area contributed by atoms with Crippen molar-refractivity contribution in [2.45, 2.75) is 25.8 Å². The molecule has 1 aliphatic heterocycles. The minimum atomic E-state index is -0.738. The number of hydrogen-bond donors (Lipinski definition) is 2. The van der Waals surface area contributed by atoms with E-state index >= 15 is 0 Å². The van der Waals surface area contributed by atoms with Gasteiger partial charge in [-0.2, -0.15) is 0 Å². The summed E-state index contributed by atoms with van der Waals surface area (Å²) in [4.78, 5) is 30.1. The van der Waals surface area contributed by atoms with E-state index in [1.165, 1.54) is 4.90 Å². The number of nitrogens with one attached hydrogen (secondary N) is 1. The maximum absolute atomic E-state index is 13.8. The Hall–Kier alpha value is -4.87. The van der Waals surface area contributed by atoms with E-state index < -0.39 is 23.8 Å². The van der Waals surface area contributed by atoms with Gasteiger partial charge in [0, 0.05) is 36.4 Å². The zero-order valence-electron chi connectivity index (χ0n) is 25.4. The Kier molecular flexibility index (Phi) is 11.5. The highest BCUT2D eigenvalue weighted by atomic mass is 35.5. The van der Waals surface area contributed by atoms with Crippen LogP contribution in [0.15, 0.2) is 91.0 Å². The van der Waals surface area contributed by atoms with Crippen LogP contribution in [0.3, 0.4) is 0 Å². The molecule has 12 heteroatoms. The fourth-order valence-electron chi connectivity index (χ4n) is 5.11. The first kappa shape index (κ1) is 33.5. The number of ether oxygens (including phenoxy) is 3. The van der Waals surface area contributed by atoms with Gasteiger partial charge in [-0.15, -0.1) is 0 Å². The third kappa shape index (κ3) is 9.11. The molecule has 5 rings (SSSR count). The second kappa shape index (κ2) is 16.1. The van der Waals surface area contributed by atoms with Crippen molar-refractivity contribution in [1.82, 2.24) is 10.2 Å². The van der Waals surface area contributed by atoms with Crippen LogP contribution < -0.4 is 19.7 Å². The molecule has 1 fully saturated rings. The SMILES string of the molecule is O=C(NCc1ccccc1Cl)[C@H]1CN(C(=O)OCc2cccc(CO)c2)CCN1c1ccc(OCCOc2cc(F)ccc2F)cc1. The lowest BCUT2D eigenvalue weighted by Gasteiger charge is -2.41. The first-order chi connectivity index (χ1) is 22.8. The van der Waals surface area contributed by atoms with Crippen LogP contribution in [0.1, 0.15) is 16.7 Å². The lowest BCUT2D eigenvalue weighted by molar-refractivity contribution is -0.123. The van der Waals surface area contributed by atoms with Gasteiger partial charge in [0.2, 0.25) is 5.91 Å². The zero-order valence-corrected chi connectivity index (χ0v) is 26.2. The summed E-state index contributed by atoms with van der Waals surface area (Å²) in [5.74, 6) is -1.23. The minimum absolute atomic E-state index is 0.000724. The van der Waals surface area contributed by atoms with Crippen molar-refractivity contribution in [3.63, 3.8) is 0 Å². The third-order valence-electron chi connectivity index (χ3n) is 7.56. The first-order valence-electron chi connectivity index (χ1n) is 15.0. The second-order valence-electron chi connectivity index (χ2n) is 10.8. The zero-order chi connectivity index (χ0) is 33.2. The number of rotatable bonds is 12. The van der Waals surface area contributed by atoms with Gasteiger partial charge in [0.25, 0.3) is 0 Å². The second-order valence-corrected chi connectivity index (χ2v) is 11.2. The van der Waals surface area contributed by atoms with Gasteiger partial charge in [0.1, 0.15) is 37.4 Å². The number of piperazine rings is 1. The summed E-state index contributed by atoms with van der Waals surface area (Å²) in [7, 11) is 0. The summed E-state index contributed by atoms with van der Waals surface area (Å²) in [5, 5.41) is 12.9. The number of carbonyl (C=O) groups is 2. The molecule has 0 spiro atoms. The van der Waals surface area contributed by atoms with Gasteiger partial charge in [-0.3, -0.25) is 4.79 Å². The molecule has 0 unspecified atom stereocenters. The van der Waals surface area contributed by atoms with E-state index in [-0.39, 0.29) is 51.2 Å². The van der Waals surface area contributed by atoms with E-state index in [4.69, 9.17) is 25.8 Å². The molecule has 1 saturated heterocycles. The molecule has 0 aliphatic carbocycles. The van der Waals surface area contributed by atoms with Crippen LogP contribution in [0.2, 0.25) is 5.02 Å². The van der Waals surface area contributed by atoms with Gasteiger partial charge in [0.05, 0.1) is 13.2 Å². The van der Waals surface area contributed by atoms with Crippen LogP contribution in [0, 0.1) is 11.6 Å². The van der Waals surface area contributed by atoms with Crippen LogP contribution in [-0.4, -0.2) is 60.9 Å². The molecule has 4 aromatic rings. The Balaban J connectivity index is 1.22. The van der Waals surface area contributed by atoms with Crippen molar-refractivity contribution in [2.75, 3.05) is 37.7 Å². The number of nitrogens with zero attached hydrogens (tertiary/aromatic N) is 2. The summed E-state index contributed by atoms with van der Waals surface area (Å²) in [6.07, 6.45) is -0.549. The van der Waals surface area contributed by atoms with Crippen LogP contribution in [-0.2, 0) is 29.3 Å². The fraction of sp³-hybridized carbons (Fsp3) is 0.257. The average molecular weight is 666 g/mol. The standard InChI is InChI=1S/C35H34ClF2N3O6/c36-30-7-2-1-6-26(30)20-39-34(43)32-21-40(35(44)47-23-25-5-3-4-24(18-25)22-42)14-15-41(32)28-9-11-29(12-10-28)45-16-17-46-33-19-27(37)8-13-31(33)38/h1-13,18-19,32,42H,14-17,20-23H2,(H,39,43)/t32-/m1/s1. The van der Waals surface area contributed by atoms with Crippen LogP contribution in [0.4, 0.5) is 19.3 Å². The molecule has 1 aliphatic rings. The van der Waals surface area contributed by atoms with Crippen LogP contribution >= 0.6 is 11.6 Å². The Bertz CT molecular complexity index is 1680. The number of hydrogen-bond acceptors (Lipinski definition) is 7. The largest absolute Gasteiger partial charge is 0.490 e. The quantitative estimate of drug-likeness (QED) is 0.187. The Labute approximate surface area is 276 Å². The lowest BCUT2D eigenvalue weighted by Crippen LogP contribution is -2.60. The highest BCUT2D eigenvalue weighted by molar-refractivity contribution is 6.31. The molecule has 2 amide bonds. The van der Waals surface area contributed by atoms with Crippen molar-refractivity contribution in [3.8, 4) is 11.5 Å². The number of aliphatic hydroxyl groups is 1. The molecule has 1 atom stereocenters. The fourth-order valence-corrected chi connectivity index (χ4v) is 5.31.